The van der Waals surface area contributed by atoms with Crippen LogP contribution in [0.4, 0.5) is 4.39 Å². The highest BCUT2D eigenvalue weighted by molar-refractivity contribution is 5.32. The molecule has 0 saturated heterocycles. The van der Waals surface area contributed by atoms with Gasteiger partial charge in [0.1, 0.15) is 11.6 Å². The van der Waals surface area contributed by atoms with Gasteiger partial charge in [0.25, 0.3) is 0 Å². The lowest BCUT2D eigenvalue weighted by Crippen LogP contribution is -2.00. The van der Waals surface area contributed by atoms with E-state index in [1.807, 2.05) is 13.0 Å². The predicted molar refractivity (Wildman–Crippen MR) is 76.0 cm³/mol. The summed E-state index contributed by atoms with van der Waals surface area (Å²) in [7, 11) is 0. The molecule has 1 nitrogen and oxygen atoms in total. The van der Waals surface area contributed by atoms with Gasteiger partial charge in [-0.3, -0.25) is 0 Å². The molecule has 19 heavy (non-hydrogen) atoms. The predicted octanol–water partition coefficient (Wildman–Crippen LogP) is 4.54. The summed E-state index contributed by atoms with van der Waals surface area (Å²) in [5.74, 6) is 0.565. The Bertz CT molecular complexity index is 508. The molecule has 2 rings (SSSR count). The van der Waals surface area contributed by atoms with Crippen LogP contribution in [0.5, 0.6) is 5.75 Å². The van der Waals surface area contributed by atoms with Gasteiger partial charge in [0.05, 0.1) is 6.61 Å². The molecule has 0 unspecified atom stereocenters. The molecule has 0 aliphatic rings. The summed E-state index contributed by atoms with van der Waals surface area (Å²) < 4.78 is 18.6. The van der Waals surface area contributed by atoms with E-state index in [-0.39, 0.29) is 5.82 Å². The fourth-order valence-corrected chi connectivity index (χ4v) is 2.03. The van der Waals surface area contributed by atoms with Crippen molar-refractivity contribution in [3.8, 4) is 5.75 Å². The van der Waals surface area contributed by atoms with E-state index in [0.717, 1.165) is 30.6 Å². The van der Waals surface area contributed by atoms with Crippen LogP contribution in [0, 0.1) is 12.7 Å². The second-order valence-electron chi connectivity index (χ2n) is 4.70. The SMILES string of the molecule is Cc1cc(F)ccc1OCCCCc1ccccc1. The summed E-state index contributed by atoms with van der Waals surface area (Å²) in [5, 5.41) is 0. The molecule has 0 heterocycles. The molecule has 2 aromatic rings. The molecule has 0 amide bonds. The molecule has 0 aromatic heterocycles. The van der Waals surface area contributed by atoms with Crippen LogP contribution in [0.3, 0.4) is 0 Å². The van der Waals surface area contributed by atoms with E-state index in [2.05, 4.69) is 24.3 Å². The lowest BCUT2D eigenvalue weighted by Gasteiger charge is -2.09. The molecule has 0 atom stereocenters. The maximum Gasteiger partial charge on any atom is 0.123 e. The van der Waals surface area contributed by atoms with Crippen molar-refractivity contribution in [2.45, 2.75) is 26.2 Å². The van der Waals surface area contributed by atoms with Crippen molar-refractivity contribution in [3.63, 3.8) is 0 Å². The minimum absolute atomic E-state index is 0.214. The fraction of sp³-hybridized carbons (Fsp3) is 0.294. The van der Waals surface area contributed by atoms with Gasteiger partial charge in [-0.25, -0.2) is 4.39 Å². The van der Waals surface area contributed by atoms with E-state index in [4.69, 9.17) is 4.74 Å². The summed E-state index contributed by atoms with van der Waals surface area (Å²) >= 11 is 0. The van der Waals surface area contributed by atoms with Crippen molar-refractivity contribution in [2.24, 2.45) is 0 Å². The van der Waals surface area contributed by atoms with Crippen LogP contribution in [0.2, 0.25) is 0 Å². The number of halogens is 1. The largest absolute Gasteiger partial charge is 0.493 e. The monoisotopic (exact) mass is 258 g/mol. The Morgan fingerprint density at radius 3 is 2.53 bits per heavy atom. The topological polar surface area (TPSA) is 9.23 Å². The lowest BCUT2D eigenvalue weighted by atomic mass is 10.1. The van der Waals surface area contributed by atoms with Crippen LogP contribution in [0.25, 0.3) is 0 Å². The molecule has 0 fully saturated rings. The lowest BCUT2D eigenvalue weighted by molar-refractivity contribution is 0.304. The van der Waals surface area contributed by atoms with Gasteiger partial charge in [-0.1, -0.05) is 30.3 Å². The van der Waals surface area contributed by atoms with Crippen LogP contribution < -0.4 is 4.74 Å². The third kappa shape index (κ3) is 4.40. The molecule has 0 saturated carbocycles. The maximum atomic E-state index is 12.9. The molecule has 0 radical (unpaired) electrons. The van der Waals surface area contributed by atoms with Gasteiger partial charge in [0, 0.05) is 0 Å². The number of ether oxygens (including phenoxy) is 1. The number of benzene rings is 2. The minimum atomic E-state index is -0.214. The fourth-order valence-electron chi connectivity index (χ4n) is 2.03. The number of aryl methyl sites for hydroxylation is 2. The van der Waals surface area contributed by atoms with Crippen molar-refractivity contribution in [3.05, 3.63) is 65.5 Å². The van der Waals surface area contributed by atoms with Gasteiger partial charge in [-0.15, -0.1) is 0 Å². The molecule has 0 N–H and O–H groups in total. The zero-order chi connectivity index (χ0) is 13.5. The first-order chi connectivity index (χ1) is 9.25. The van der Waals surface area contributed by atoms with Crippen molar-refractivity contribution in [1.29, 1.82) is 0 Å². The Hall–Kier alpha value is -1.83. The van der Waals surface area contributed by atoms with E-state index in [0.29, 0.717) is 6.61 Å². The molecule has 0 aliphatic carbocycles. The molecule has 100 valence electrons. The zero-order valence-electron chi connectivity index (χ0n) is 11.2. The van der Waals surface area contributed by atoms with E-state index in [1.165, 1.54) is 17.7 Å². The molecule has 0 bridgehead atoms. The second kappa shape index (κ2) is 6.93. The molecule has 2 aromatic carbocycles. The third-order valence-electron chi connectivity index (χ3n) is 3.10. The summed E-state index contributed by atoms with van der Waals surface area (Å²) in [6, 6.07) is 15.1. The van der Waals surface area contributed by atoms with Gasteiger partial charge in [0.2, 0.25) is 0 Å². The van der Waals surface area contributed by atoms with E-state index in [9.17, 15) is 4.39 Å². The van der Waals surface area contributed by atoms with Gasteiger partial charge in [-0.2, -0.15) is 0 Å². The standard InChI is InChI=1S/C17H19FO/c1-14-13-16(18)10-11-17(14)19-12-6-5-9-15-7-3-2-4-8-15/h2-4,7-8,10-11,13H,5-6,9,12H2,1H3. The van der Waals surface area contributed by atoms with Crippen LogP contribution in [-0.2, 0) is 6.42 Å². The van der Waals surface area contributed by atoms with E-state index in [1.54, 1.807) is 6.07 Å². The normalized spacial score (nSPS) is 10.4. The summed E-state index contributed by atoms with van der Waals surface area (Å²) in [6.45, 7) is 2.54. The van der Waals surface area contributed by atoms with Crippen LogP contribution >= 0.6 is 0 Å². The maximum absolute atomic E-state index is 12.9. The van der Waals surface area contributed by atoms with Crippen LogP contribution in [0.1, 0.15) is 24.0 Å². The average molecular weight is 258 g/mol. The number of rotatable bonds is 6. The van der Waals surface area contributed by atoms with Crippen molar-refractivity contribution < 1.29 is 9.13 Å². The number of hydrogen-bond acceptors (Lipinski definition) is 1. The smallest absolute Gasteiger partial charge is 0.123 e. The van der Waals surface area contributed by atoms with E-state index >= 15 is 0 Å². The van der Waals surface area contributed by atoms with Gasteiger partial charge >= 0.3 is 0 Å². The van der Waals surface area contributed by atoms with Crippen molar-refractivity contribution >= 4 is 0 Å². The highest BCUT2D eigenvalue weighted by Crippen LogP contribution is 2.18. The third-order valence-corrected chi connectivity index (χ3v) is 3.10. The second-order valence-corrected chi connectivity index (χ2v) is 4.70. The first-order valence-corrected chi connectivity index (χ1v) is 6.68. The summed E-state index contributed by atoms with van der Waals surface area (Å²) in [6.07, 6.45) is 3.18. The van der Waals surface area contributed by atoms with Crippen molar-refractivity contribution in [1.82, 2.24) is 0 Å². The molecule has 0 aliphatic heterocycles. The highest BCUT2D eigenvalue weighted by atomic mass is 19.1. The zero-order valence-corrected chi connectivity index (χ0v) is 11.2. The number of hydrogen-bond donors (Lipinski definition) is 0. The highest BCUT2D eigenvalue weighted by Gasteiger charge is 2.00. The molecular weight excluding hydrogens is 239 g/mol. The molecule has 0 spiro atoms. The van der Waals surface area contributed by atoms with E-state index < -0.39 is 0 Å². The van der Waals surface area contributed by atoms with Crippen molar-refractivity contribution in [2.75, 3.05) is 6.61 Å². The summed E-state index contributed by atoms with van der Waals surface area (Å²) in [5.41, 5.74) is 2.21. The van der Waals surface area contributed by atoms with Gasteiger partial charge in [0.15, 0.2) is 0 Å². The Morgan fingerprint density at radius 1 is 1.00 bits per heavy atom. The Morgan fingerprint density at radius 2 is 1.79 bits per heavy atom. The van der Waals surface area contributed by atoms with Crippen LogP contribution in [-0.4, -0.2) is 6.61 Å². The quantitative estimate of drug-likeness (QED) is 0.691. The molecule has 2 heteroatoms. The Labute approximate surface area is 114 Å². The Balaban J connectivity index is 1.69. The minimum Gasteiger partial charge on any atom is -0.493 e. The van der Waals surface area contributed by atoms with Gasteiger partial charge in [-0.05, 0) is 55.5 Å². The first-order valence-electron chi connectivity index (χ1n) is 6.68. The van der Waals surface area contributed by atoms with Gasteiger partial charge < -0.3 is 4.74 Å². The Kier molecular flexibility index (Phi) is 4.96. The summed E-state index contributed by atoms with van der Waals surface area (Å²) in [4.78, 5) is 0. The molecular formula is C17H19FO. The number of unbranched alkanes of at least 4 members (excludes halogenated alkanes) is 1. The first kappa shape index (κ1) is 13.6. The average Bonchev–Trinajstić information content (AvgIpc) is 2.42. The van der Waals surface area contributed by atoms with Crippen LogP contribution in [0.15, 0.2) is 48.5 Å².